The Hall–Kier alpha value is -1.10. The van der Waals surface area contributed by atoms with E-state index < -0.39 is 6.10 Å². The number of benzene rings is 1. The summed E-state index contributed by atoms with van der Waals surface area (Å²) in [5.41, 5.74) is 1.06. The first-order chi connectivity index (χ1) is 8.29. The van der Waals surface area contributed by atoms with Gasteiger partial charge in [-0.05, 0) is 24.3 Å². The lowest BCUT2D eigenvalue weighted by atomic mass is 10.2. The van der Waals surface area contributed by atoms with E-state index in [0.717, 1.165) is 16.3 Å². The van der Waals surface area contributed by atoms with Gasteiger partial charge in [0.15, 0.2) is 0 Å². The van der Waals surface area contributed by atoms with Gasteiger partial charge in [-0.1, -0.05) is 0 Å². The van der Waals surface area contributed by atoms with Crippen molar-refractivity contribution in [3.05, 3.63) is 35.8 Å². The highest BCUT2D eigenvalue weighted by molar-refractivity contribution is 7.13. The number of ether oxygens (including phenoxy) is 1. The van der Waals surface area contributed by atoms with Crippen molar-refractivity contribution < 1.29 is 9.84 Å². The number of hydrogen-bond acceptors (Lipinski definition) is 4. The third kappa shape index (κ3) is 3.43. The SMILES string of the molecule is OC(CCl)COc1ccc(-c2nccs2)cc1. The summed E-state index contributed by atoms with van der Waals surface area (Å²) in [7, 11) is 0. The lowest BCUT2D eigenvalue weighted by Crippen LogP contribution is -2.18. The zero-order chi connectivity index (χ0) is 12.1. The first kappa shape index (κ1) is 12.4. The molecule has 2 aromatic rings. The van der Waals surface area contributed by atoms with Crippen LogP contribution in [0.3, 0.4) is 0 Å². The summed E-state index contributed by atoms with van der Waals surface area (Å²) in [6.45, 7) is 0.208. The molecule has 3 nitrogen and oxygen atoms in total. The molecule has 1 heterocycles. The van der Waals surface area contributed by atoms with Gasteiger partial charge >= 0.3 is 0 Å². The molecule has 1 aromatic carbocycles. The minimum atomic E-state index is -0.629. The smallest absolute Gasteiger partial charge is 0.123 e. The highest BCUT2D eigenvalue weighted by Crippen LogP contribution is 2.24. The Bertz CT molecular complexity index is 444. The fraction of sp³-hybridized carbons (Fsp3) is 0.250. The zero-order valence-corrected chi connectivity index (χ0v) is 10.6. The Morgan fingerprint density at radius 1 is 1.35 bits per heavy atom. The summed E-state index contributed by atoms with van der Waals surface area (Å²) < 4.78 is 5.38. The molecule has 0 saturated heterocycles. The van der Waals surface area contributed by atoms with Crippen LogP contribution in [0.25, 0.3) is 10.6 Å². The standard InChI is InChI=1S/C12H12ClNO2S/c13-7-10(15)8-16-11-3-1-9(2-4-11)12-14-5-6-17-12/h1-6,10,15H,7-8H2. The molecule has 0 aliphatic heterocycles. The zero-order valence-electron chi connectivity index (χ0n) is 9.04. The van der Waals surface area contributed by atoms with Crippen LogP contribution in [0.4, 0.5) is 0 Å². The Morgan fingerprint density at radius 3 is 2.71 bits per heavy atom. The second-order valence-electron chi connectivity index (χ2n) is 3.48. The van der Waals surface area contributed by atoms with Crippen LogP contribution in [0.5, 0.6) is 5.75 Å². The molecule has 0 amide bonds. The summed E-state index contributed by atoms with van der Waals surface area (Å²) >= 11 is 7.07. The van der Waals surface area contributed by atoms with E-state index >= 15 is 0 Å². The summed E-state index contributed by atoms with van der Waals surface area (Å²) in [5.74, 6) is 0.895. The average molecular weight is 270 g/mol. The van der Waals surface area contributed by atoms with Gasteiger partial charge in [-0.3, -0.25) is 0 Å². The van der Waals surface area contributed by atoms with E-state index in [2.05, 4.69) is 4.98 Å². The second kappa shape index (κ2) is 6.00. The van der Waals surface area contributed by atoms with Crippen molar-refractivity contribution in [3.8, 4) is 16.3 Å². The molecule has 0 fully saturated rings. The maximum absolute atomic E-state index is 9.26. The molecule has 1 N–H and O–H groups in total. The summed E-state index contributed by atoms with van der Waals surface area (Å²) in [5, 5.41) is 12.2. The quantitative estimate of drug-likeness (QED) is 0.849. The van der Waals surface area contributed by atoms with Gasteiger partial charge in [0, 0.05) is 17.1 Å². The lowest BCUT2D eigenvalue weighted by molar-refractivity contribution is 0.125. The molecule has 0 saturated carbocycles. The fourth-order valence-corrected chi connectivity index (χ4v) is 2.03. The minimum Gasteiger partial charge on any atom is -0.491 e. The van der Waals surface area contributed by atoms with Gasteiger partial charge in [0.2, 0.25) is 0 Å². The van der Waals surface area contributed by atoms with Gasteiger partial charge in [0.25, 0.3) is 0 Å². The number of rotatable bonds is 5. The van der Waals surface area contributed by atoms with Crippen molar-refractivity contribution in [3.63, 3.8) is 0 Å². The number of alkyl halides is 1. The van der Waals surface area contributed by atoms with Crippen LogP contribution in [0, 0.1) is 0 Å². The maximum atomic E-state index is 9.26. The van der Waals surface area contributed by atoms with E-state index in [4.69, 9.17) is 16.3 Å². The van der Waals surface area contributed by atoms with Crippen LogP contribution in [-0.4, -0.2) is 28.7 Å². The normalized spacial score (nSPS) is 12.4. The highest BCUT2D eigenvalue weighted by Gasteiger charge is 2.04. The van der Waals surface area contributed by atoms with Crippen molar-refractivity contribution in [2.45, 2.75) is 6.10 Å². The Morgan fingerprint density at radius 2 is 2.12 bits per heavy atom. The molecular weight excluding hydrogens is 258 g/mol. The van der Waals surface area contributed by atoms with Crippen LogP contribution < -0.4 is 4.74 Å². The van der Waals surface area contributed by atoms with Crippen molar-refractivity contribution in [1.82, 2.24) is 4.98 Å². The lowest BCUT2D eigenvalue weighted by Gasteiger charge is -2.09. The topological polar surface area (TPSA) is 42.4 Å². The number of hydrogen-bond donors (Lipinski definition) is 1. The van der Waals surface area contributed by atoms with Gasteiger partial charge < -0.3 is 9.84 Å². The Balaban J connectivity index is 1.99. The van der Waals surface area contributed by atoms with Crippen molar-refractivity contribution >= 4 is 22.9 Å². The van der Waals surface area contributed by atoms with E-state index in [1.54, 1.807) is 17.5 Å². The van der Waals surface area contributed by atoms with E-state index in [1.165, 1.54) is 0 Å². The molecule has 17 heavy (non-hydrogen) atoms. The van der Waals surface area contributed by atoms with Crippen LogP contribution in [-0.2, 0) is 0 Å². The van der Waals surface area contributed by atoms with Gasteiger partial charge in [0.05, 0.1) is 5.88 Å². The first-order valence-electron chi connectivity index (χ1n) is 5.16. The van der Waals surface area contributed by atoms with Crippen molar-refractivity contribution in [1.29, 1.82) is 0 Å². The molecule has 2 rings (SSSR count). The van der Waals surface area contributed by atoms with Gasteiger partial charge in [0.1, 0.15) is 23.5 Å². The molecule has 0 bridgehead atoms. The van der Waals surface area contributed by atoms with Gasteiger partial charge in [-0.15, -0.1) is 22.9 Å². The molecule has 0 radical (unpaired) electrons. The number of nitrogens with zero attached hydrogens (tertiary/aromatic N) is 1. The molecule has 1 atom stereocenters. The number of halogens is 1. The van der Waals surface area contributed by atoms with Gasteiger partial charge in [-0.2, -0.15) is 0 Å². The number of aliphatic hydroxyl groups excluding tert-OH is 1. The first-order valence-corrected chi connectivity index (χ1v) is 6.58. The van der Waals surface area contributed by atoms with Crippen molar-refractivity contribution in [2.75, 3.05) is 12.5 Å². The van der Waals surface area contributed by atoms with E-state index in [-0.39, 0.29) is 12.5 Å². The second-order valence-corrected chi connectivity index (χ2v) is 4.68. The molecule has 1 aromatic heterocycles. The molecule has 90 valence electrons. The van der Waals surface area contributed by atoms with E-state index in [9.17, 15) is 5.11 Å². The monoisotopic (exact) mass is 269 g/mol. The predicted octanol–water partition coefficient (Wildman–Crippen LogP) is 2.79. The molecular formula is C12H12ClNO2S. The van der Waals surface area contributed by atoms with Crippen molar-refractivity contribution in [2.24, 2.45) is 0 Å². The molecule has 0 aliphatic rings. The third-order valence-corrected chi connectivity index (χ3v) is 3.33. The van der Waals surface area contributed by atoms with Crippen LogP contribution in [0.1, 0.15) is 0 Å². The molecule has 1 unspecified atom stereocenters. The van der Waals surface area contributed by atoms with E-state index in [0.29, 0.717) is 0 Å². The summed E-state index contributed by atoms with van der Waals surface area (Å²) in [4.78, 5) is 4.22. The number of thiazole rings is 1. The number of aliphatic hydroxyl groups is 1. The Kier molecular flexibility index (Phi) is 4.36. The summed E-state index contributed by atoms with van der Waals surface area (Å²) in [6.07, 6.45) is 1.15. The maximum Gasteiger partial charge on any atom is 0.123 e. The number of aromatic nitrogens is 1. The van der Waals surface area contributed by atoms with Crippen LogP contribution in [0.15, 0.2) is 35.8 Å². The Labute approximate surface area is 109 Å². The van der Waals surface area contributed by atoms with E-state index in [1.807, 2.05) is 29.6 Å². The predicted molar refractivity (Wildman–Crippen MR) is 69.8 cm³/mol. The van der Waals surface area contributed by atoms with Gasteiger partial charge in [-0.25, -0.2) is 4.98 Å². The highest BCUT2D eigenvalue weighted by atomic mass is 35.5. The minimum absolute atomic E-state index is 0.178. The largest absolute Gasteiger partial charge is 0.491 e. The fourth-order valence-electron chi connectivity index (χ4n) is 1.30. The molecule has 0 aliphatic carbocycles. The summed E-state index contributed by atoms with van der Waals surface area (Å²) in [6, 6.07) is 7.61. The van der Waals surface area contributed by atoms with Crippen LogP contribution >= 0.6 is 22.9 Å². The average Bonchev–Trinajstić information content (AvgIpc) is 2.90. The third-order valence-electron chi connectivity index (χ3n) is 2.15. The molecule has 0 spiro atoms. The molecule has 5 heteroatoms. The van der Waals surface area contributed by atoms with Crippen LogP contribution in [0.2, 0.25) is 0 Å².